The summed E-state index contributed by atoms with van der Waals surface area (Å²) >= 11 is 0. The molecule has 28 heavy (non-hydrogen) atoms. The number of aliphatic imine (C=N–C) groups is 1. The number of imidazole rings is 1. The zero-order chi connectivity index (χ0) is 19.8. The molecule has 2 aromatic heterocycles. The smallest absolute Gasteiger partial charge is 0.156 e. The Labute approximate surface area is 162 Å². The number of aromatic amines is 1. The molecular formula is C20H22FN7. The number of fused-ring (bicyclic) bond motifs is 1. The third-order valence-electron chi connectivity index (χ3n) is 5.17. The number of rotatable bonds is 3. The first-order valence-corrected chi connectivity index (χ1v) is 9.14. The van der Waals surface area contributed by atoms with E-state index in [1.54, 1.807) is 18.2 Å². The van der Waals surface area contributed by atoms with Gasteiger partial charge in [-0.05, 0) is 26.0 Å². The molecule has 0 aliphatic carbocycles. The number of aromatic nitrogens is 4. The molecule has 0 saturated heterocycles. The van der Waals surface area contributed by atoms with Crippen LogP contribution in [0, 0.1) is 25.1 Å². The molecule has 0 spiro atoms. The van der Waals surface area contributed by atoms with Crippen LogP contribution in [0.1, 0.15) is 28.5 Å². The van der Waals surface area contributed by atoms with Gasteiger partial charge in [-0.1, -0.05) is 12.1 Å². The standard InChI is InChI=1S/C20H22FN7/c1-12-15-10-28(9-8-17(15)26-27(12)3)20(23-11-22)19-18(24-13(2)25-19)14-6-4-5-7-16(14)21/h4-7,11,22H,8-10H2,1-3H3,(H,24,25). The number of H-pyrrole nitrogens is 1. The Morgan fingerprint density at radius 1 is 1.32 bits per heavy atom. The second-order valence-corrected chi connectivity index (χ2v) is 6.91. The van der Waals surface area contributed by atoms with Crippen LogP contribution in [0.25, 0.3) is 11.3 Å². The number of halogens is 1. The molecule has 4 rings (SSSR count). The maximum atomic E-state index is 14.4. The minimum Gasteiger partial charge on any atom is -0.350 e. The molecule has 0 atom stereocenters. The van der Waals surface area contributed by atoms with Gasteiger partial charge in [-0.15, -0.1) is 0 Å². The molecule has 1 aliphatic heterocycles. The maximum Gasteiger partial charge on any atom is 0.156 e. The van der Waals surface area contributed by atoms with Crippen LogP contribution < -0.4 is 0 Å². The molecule has 0 unspecified atom stereocenters. The number of hydrogen-bond donors (Lipinski definition) is 2. The highest BCUT2D eigenvalue weighted by Crippen LogP contribution is 2.28. The van der Waals surface area contributed by atoms with Crippen molar-refractivity contribution in [2.24, 2.45) is 12.0 Å². The normalized spacial score (nSPS) is 14.3. The summed E-state index contributed by atoms with van der Waals surface area (Å²) in [5.41, 5.74) is 4.93. The lowest BCUT2D eigenvalue weighted by molar-refractivity contribution is 0.391. The molecule has 0 radical (unpaired) electrons. The van der Waals surface area contributed by atoms with Gasteiger partial charge in [0.25, 0.3) is 0 Å². The Morgan fingerprint density at radius 2 is 2.11 bits per heavy atom. The van der Waals surface area contributed by atoms with E-state index in [-0.39, 0.29) is 5.82 Å². The van der Waals surface area contributed by atoms with Crippen molar-refractivity contribution in [3.63, 3.8) is 0 Å². The zero-order valence-corrected chi connectivity index (χ0v) is 16.1. The van der Waals surface area contributed by atoms with Gasteiger partial charge in [-0.2, -0.15) is 5.10 Å². The summed E-state index contributed by atoms with van der Waals surface area (Å²) in [6.07, 6.45) is 1.80. The van der Waals surface area contributed by atoms with Crippen LogP contribution in [0.4, 0.5) is 4.39 Å². The van der Waals surface area contributed by atoms with Crippen LogP contribution in [-0.2, 0) is 20.0 Å². The van der Waals surface area contributed by atoms with Crippen molar-refractivity contribution in [1.29, 1.82) is 5.41 Å². The average molecular weight is 379 g/mol. The first-order chi connectivity index (χ1) is 13.5. The van der Waals surface area contributed by atoms with Crippen molar-refractivity contribution in [2.45, 2.75) is 26.8 Å². The first kappa shape index (κ1) is 18.1. The van der Waals surface area contributed by atoms with Gasteiger partial charge in [0.15, 0.2) is 5.84 Å². The minimum atomic E-state index is -0.339. The second-order valence-electron chi connectivity index (χ2n) is 6.91. The predicted octanol–water partition coefficient (Wildman–Crippen LogP) is 2.98. The summed E-state index contributed by atoms with van der Waals surface area (Å²) < 4.78 is 16.3. The molecule has 0 saturated carbocycles. The van der Waals surface area contributed by atoms with Gasteiger partial charge in [0, 0.05) is 43.4 Å². The Balaban J connectivity index is 1.79. The van der Waals surface area contributed by atoms with Crippen molar-refractivity contribution < 1.29 is 4.39 Å². The van der Waals surface area contributed by atoms with E-state index in [1.807, 2.05) is 25.6 Å². The Hall–Kier alpha value is -3.29. The molecule has 7 nitrogen and oxygen atoms in total. The molecule has 144 valence electrons. The fourth-order valence-electron chi connectivity index (χ4n) is 3.69. The largest absolute Gasteiger partial charge is 0.350 e. The Kier molecular flexibility index (Phi) is 4.54. The lowest BCUT2D eigenvalue weighted by Gasteiger charge is -2.29. The maximum absolute atomic E-state index is 14.4. The lowest BCUT2D eigenvalue weighted by atomic mass is 10.0. The summed E-state index contributed by atoms with van der Waals surface area (Å²) in [6, 6.07) is 6.56. The van der Waals surface area contributed by atoms with Crippen molar-refractivity contribution >= 4 is 12.2 Å². The van der Waals surface area contributed by atoms with Gasteiger partial charge in [0.1, 0.15) is 29.4 Å². The van der Waals surface area contributed by atoms with E-state index in [0.717, 1.165) is 24.1 Å². The molecule has 3 aromatic rings. The molecule has 0 amide bonds. The number of nitrogens with one attached hydrogen (secondary N) is 2. The van der Waals surface area contributed by atoms with E-state index < -0.39 is 0 Å². The molecule has 2 N–H and O–H groups in total. The highest BCUT2D eigenvalue weighted by molar-refractivity contribution is 6.05. The zero-order valence-electron chi connectivity index (χ0n) is 16.1. The molecule has 0 fully saturated rings. The average Bonchev–Trinajstić information content (AvgIpc) is 3.20. The predicted molar refractivity (Wildman–Crippen MR) is 106 cm³/mol. The monoisotopic (exact) mass is 379 g/mol. The van der Waals surface area contributed by atoms with Crippen LogP contribution in [0.2, 0.25) is 0 Å². The van der Waals surface area contributed by atoms with Crippen molar-refractivity contribution in [3.05, 3.63) is 58.6 Å². The van der Waals surface area contributed by atoms with Gasteiger partial charge in [0.2, 0.25) is 0 Å². The van der Waals surface area contributed by atoms with Crippen LogP contribution in [0.3, 0.4) is 0 Å². The SMILES string of the molecule is Cc1nc(-c2ccccc2F)c(C(=NC=N)N2CCc3nn(C)c(C)c3C2)[nH]1. The highest BCUT2D eigenvalue weighted by atomic mass is 19.1. The van der Waals surface area contributed by atoms with Crippen LogP contribution in [-0.4, -0.2) is 43.4 Å². The molecule has 8 heteroatoms. The van der Waals surface area contributed by atoms with Gasteiger partial charge in [-0.25, -0.2) is 14.4 Å². The fourth-order valence-corrected chi connectivity index (χ4v) is 3.69. The summed E-state index contributed by atoms with van der Waals surface area (Å²) in [6.45, 7) is 5.23. The van der Waals surface area contributed by atoms with E-state index in [4.69, 9.17) is 5.41 Å². The van der Waals surface area contributed by atoms with Gasteiger partial charge in [0.05, 0.1) is 5.69 Å². The number of aryl methyl sites for hydroxylation is 2. The summed E-state index contributed by atoms with van der Waals surface area (Å²) in [5, 5.41) is 12.1. The third-order valence-corrected chi connectivity index (χ3v) is 5.17. The quantitative estimate of drug-likeness (QED) is 0.542. The molecule has 1 aliphatic rings. The molecule has 3 heterocycles. The number of hydrogen-bond acceptors (Lipinski definition) is 3. The van der Waals surface area contributed by atoms with Gasteiger partial charge >= 0.3 is 0 Å². The molecular weight excluding hydrogens is 357 g/mol. The van der Waals surface area contributed by atoms with E-state index >= 15 is 0 Å². The van der Waals surface area contributed by atoms with Gasteiger partial charge in [-0.3, -0.25) is 10.1 Å². The fraction of sp³-hybridized carbons (Fsp3) is 0.300. The van der Waals surface area contributed by atoms with E-state index in [0.29, 0.717) is 41.7 Å². The van der Waals surface area contributed by atoms with Crippen molar-refractivity contribution in [3.8, 4) is 11.3 Å². The van der Waals surface area contributed by atoms with E-state index in [2.05, 4.69) is 25.0 Å². The number of benzene rings is 1. The van der Waals surface area contributed by atoms with E-state index in [1.165, 1.54) is 11.6 Å². The lowest BCUT2D eigenvalue weighted by Crippen LogP contribution is -2.37. The molecule has 0 bridgehead atoms. The summed E-state index contributed by atoms with van der Waals surface area (Å²) in [7, 11) is 1.94. The van der Waals surface area contributed by atoms with Crippen LogP contribution >= 0.6 is 0 Å². The number of nitrogens with zero attached hydrogens (tertiary/aromatic N) is 5. The number of amidine groups is 1. The van der Waals surface area contributed by atoms with Gasteiger partial charge < -0.3 is 9.88 Å². The molecule has 1 aromatic carbocycles. The van der Waals surface area contributed by atoms with Crippen molar-refractivity contribution in [1.82, 2.24) is 24.6 Å². The highest BCUT2D eigenvalue weighted by Gasteiger charge is 2.28. The van der Waals surface area contributed by atoms with E-state index in [9.17, 15) is 4.39 Å². The topological polar surface area (TPSA) is 85.9 Å². The minimum absolute atomic E-state index is 0.339. The Bertz CT molecular complexity index is 1080. The second kappa shape index (κ2) is 7.03. The summed E-state index contributed by atoms with van der Waals surface area (Å²) in [4.78, 5) is 14.1. The summed E-state index contributed by atoms with van der Waals surface area (Å²) in [5.74, 6) is 0.914. The van der Waals surface area contributed by atoms with Crippen molar-refractivity contribution in [2.75, 3.05) is 6.54 Å². The first-order valence-electron chi connectivity index (χ1n) is 9.14. The third kappa shape index (κ3) is 3.00. The van der Waals surface area contributed by atoms with Crippen LogP contribution in [0.15, 0.2) is 29.3 Å². The van der Waals surface area contributed by atoms with Crippen LogP contribution in [0.5, 0.6) is 0 Å². The Morgan fingerprint density at radius 3 is 2.86 bits per heavy atom.